The topological polar surface area (TPSA) is 52.6 Å². The van der Waals surface area contributed by atoms with Crippen LogP contribution in [0, 0.1) is 0 Å². The summed E-state index contributed by atoms with van der Waals surface area (Å²) in [6.45, 7) is 3.41. The minimum absolute atomic E-state index is 0.272. The Balaban J connectivity index is 3.31. The fraction of sp³-hybridized carbons (Fsp3) is 0.500. The molecule has 0 aliphatic heterocycles. The van der Waals surface area contributed by atoms with Gasteiger partial charge in [-0.2, -0.15) is 0 Å². The zero-order valence-corrected chi connectivity index (χ0v) is 9.77. The number of rotatable bonds is 7. The van der Waals surface area contributed by atoms with Gasteiger partial charge in [0, 0.05) is 13.8 Å². The molecule has 0 atom stereocenters. The highest BCUT2D eigenvalue weighted by molar-refractivity contribution is 5.66. The van der Waals surface area contributed by atoms with Crippen LogP contribution in [0.4, 0.5) is 0 Å². The number of carbonyl (C=O) groups is 2. The van der Waals surface area contributed by atoms with Crippen molar-refractivity contribution in [3.63, 3.8) is 0 Å². The molecule has 0 amide bonds. The van der Waals surface area contributed by atoms with Gasteiger partial charge in [0.1, 0.15) is 13.2 Å². The van der Waals surface area contributed by atoms with Gasteiger partial charge in [-0.05, 0) is 12.8 Å². The lowest BCUT2D eigenvalue weighted by molar-refractivity contribution is -0.140. The van der Waals surface area contributed by atoms with Crippen molar-refractivity contribution in [3.8, 4) is 0 Å². The molecule has 0 aromatic carbocycles. The molecule has 0 rings (SSSR count). The number of carbonyl (C=O) groups excluding carboxylic acids is 2. The van der Waals surface area contributed by atoms with Crippen LogP contribution in [0.5, 0.6) is 0 Å². The Morgan fingerprint density at radius 3 is 1.50 bits per heavy atom. The number of ether oxygens (including phenoxy) is 2. The minimum atomic E-state index is -0.272. The minimum Gasteiger partial charge on any atom is -0.462 e. The standard InChI is InChI=1S/C12H18O4/c1-11(13)15-9-7-5-3-4-6-8-10-16-12(2)14/h5-8H,3-4,9-10H2,1-2H3. The van der Waals surface area contributed by atoms with E-state index in [0.29, 0.717) is 13.2 Å². The second kappa shape index (κ2) is 9.96. The lowest BCUT2D eigenvalue weighted by Gasteiger charge is -1.95. The van der Waals surface area contributed by atoms with Gasteiger partial charge in [-0.25, -0.2) is 0 Å². The maximum atomic E-state index is 10.4. The highest BCUT2D eigenvalue weighted by Crippen LogP contribution is 1.93. The third-order valence-corrected chi connectivity index (χ3v) is 1.60. The number of allylic oxidation sites excluding steroid dienone is 2. The predicted molar refractivity (Wildman–Crippen MR) is 60.8 cm³/mol. The van der Waals surface area contributed by atoms with E-state index in [4.69, 9.17) is 9.47 Å². The Bertz CT molecular complexity index is 238. The van der Waals surface area contributed by atoms with Gasteiger partial charge < -0.3 is 9.47 Å². The molecule has 90 valence electrons. The van der Waals surface area contributed by atoms with Crippen LogP contribution in [0.25, 0.3) is 0 Å². The lowest BCUT2D eigenvalue weighted by Crippen LogP contribution is -1.97. The Morgan fingerprint density at radius 2 is 1.19 bits per heavy atom. The fourth-order valence-electron chi connectivity index (χ4n) is 0.895. The highest BCUT2D eigenvalue weighted by atomic mass is 16.5. The Morgan fingerprint density at radius 1 is 0.812 bits per heavy atom. The van der Waals surface area contributed by atoms with Gasteiger partial charge in [0.05, 0.1) is 0 Å². The Labute approximate surface area is 95.9 Å². The molecule has 0 aromatic rings. The van der Waals surface area contributed by atoms with Gasteiger partial charge in [-0.15, -0.1) is 0 Å². The van der Waals surface area contributed by atoms with Crippen LogP contribution < -0.4 is 0 Å². The van der Waals surface area contributed by atoms with Crippen molar-refractivity contribution >= 4 is 11.9 Å². The quantitative estimate of drug-likeness (QED) is 0.378. The van der Waals surface area contributed by atoms with Gasteiger partial charge in [0.25, 0.3) is 0 Å². The predicted octanol–water partition coefficient (Wildman–Crippen LogP) is 2.01. The molecule has 0 radical (unpaired) electrons. The zero-order valence-electron chi connectivity index (χ0n) is 9.77. The molecule has 0 spiro atoms. The van der Waals surface area contributed by atoms with Gasteiger partial charge in [-0.1, -0.05) is 24.3 Å². The number of esters is 2. The molecule has 0 fully saturated rings. The first-order valence-electron chi connectivity index (χ1n) is 5.19. The first-order chi connectivity index (χ1) is 7.63. The second-order valence-electron chi connectivity index (χ2n) is 3.13. The van der Waals surface area contributed by atoms with Crippen LogP contribution >= 0.6 is 0 Å². The van der Waals surface area contributed by atoms with Crippen molar-refractivity contribution in [2.24, 2.45) is 0 Å². The molecule has 0 bridgehead atoms. The maximum Gasteiger partial charge on any atom is 0.302 e. The smallest absolute Gasteiger partial charge is 0.302 e. The summed E-state index contributed by atoms with van der Waals surface area (Å²) in [5, 5.41) is 0. The van der Waals surface area contributed by atoms with Gasteiger partial charge in [0.15, 0.2) is 0 Å². The van der Waals surface area contributed by atoms with E-state index < -0.39 is 0 Å². The van der Waals surface area contributed by atoms with Crippen molar-refractivity contribution in [1.82, 2.24) is 0 Å². The summed E-state index contributed by atoms with van der Waals surface area (Å²) in [5.41, 5.74) is 0. The normalized spacial score (nSPS) is 10.9. The van der Waals surface area contributed by atoms with E-state index in [1.165, 1.54) is 13.8 Å². The molecule has 0 heterocycles. The van der Waals surface area contributed by atoms with Crippen molar-refractivity contribution in [3.05, 3.63) is 24.3 Å². The molecular formula is C12H18O4. The molecule has 0 unspecified atom stereocenters. The van der Waals surface area contributed by atoms with Gasteiger partial charge in [-0.3, -0.25) is 9.59 Å². The molecule has 0 saturated carbocycles. The third-order valence-electron chi connectivity index (χ3n) is 1.60. The van der Waals surface area contributed by atoms with Crippen molar-refractivity contribution in [2.45, 2.75) is 26.7 Å². The highest BCUT2D eigenvalue weighted by Gasteiger charge is 1.87. The lowest BCUT2D eigenvalue weighted by atomic mass is 10.3. The van der Waals surface area contributed by atoms with Crippen LogP contribution in [-0.2, 0) is 19.1 Å². The summed E-state index contributed by atoms with van der Waals surface area (Å²) in [6, 6.07) is 0. The summed E-state index contributed by atoms with van der Waals surface area (Å²) < 4.78 is 9.42. The molecule has 4 nitrogen and oxygen atoms in total. The summed E-state index contributed by atoms with van der Waals surface area (Å²) in [7, 11) is 0. The first kappa shape index (κ1) is 14.4. The molecule has 0 aromatic heterocycles. The van der Waals surface area contributed by atoms with E-state index >= 15 is 0 Å². The van der Waals surface area contributed by atoms with Crippen molar-refractivity contribution in [1.29, 1.82) is 0 Å². The zero-order chi connectivity index (χ0) is 12.2. The van der Waals surface area contributed by atoms with E-state index in [0.717, 1.165) is 12.8 Å². The number of hydrogen-bond acceptors (Lipinski definition) is 4. The van der Waals surface area contributed by atoms with E-state index in [9.17, 15) is 9.59 Å². The average molecular weight is 226 g/mol. The summed E-state index contributed by atoms with van der Waals surface area (Å²) >= 11 is 0. The van der Waals surface area contributed by atoms with Crippen LogP contribution in [0.3, 0.4) is 0 Å². The summed E-state index contributed by atoms with van der Waals surface area (Å²) in [5.74, 6) is -0.545. The van der Waals surface area contributed by atoms with Crippen LogP contribution in [0.1, 0.15) is 26.7 Å². The Kier molecular flexibility index (Phi) is 8.97. The van der Waals surface area contributed by atoms with Crippen LogP contribution in [-0.4, -0.2) is 25.2 Å². The van der Waals surface area contributed by atoms with E-state index in [-0.39, 0.29) is 11.9 Å². The fourth-order valence-corrected chi connectivity index (χ4v) is 0.895. The summed E-state index contributed by atoms with van der Waals surface area (Å²) in [4.78, 5) is 20.8. The van der Waals surface area contributed by atoms with E-state index in [1.54, 1.807) is 12.2 Å². The molecule has 0 N–H and O–H groups in total. The SMILES string of the molecule is CC(=O)OCC=CCCC=CCOC(C)=O. The summed E-state index contributed by atoms with van der Waals surface area (Å²) in [6.07, 6.45) is 9.25. The molecule has 0 aliphatic rings. The van der Waals surface area contributed by atoms with Gasteiger partial charge in [0.2, 0.25) is 0 Å². The monoisotopic (exact) mass is 226 g/mol. The number of hydrogen-bond donors (Lipinski definition) is 0. The molecule has 0 saturated heterocycles. The molecule has 4 heteroatoms. The van der Waals surface area contributed by atoms with Crippen molar-refractivity contribution < 1.29 is 19.1 Å². The second-order valence-corrected chi connectivity index (χ2v) is 3.13. The van der Waals surface area contributed by atoms with Crippen LogP contribution in [0.2, 0.25) is 0 Å². The maximum absolute atomic E-state index is 10.4. The molecule has 0 aliphatic carbocycles. The van der Waals surface area contributed by atoms with Crippen molar-refractivity contribution in [2.75, 3.05) is 13.2 Å². The largest absolute Gasteiger partial charge is 0.462 e. The third kappa shape index (κ3) is 12.4. The Hall–Kier alpha value is -1.58. The molecule has 16 heavy (non-hydrogen) atoms. The van der Waals surface area contributed by atoms with E-state index in [1.807, 2.05) is 12.2 Å². The average Bonchev–Trinajstić information content (AvgIpc) is 2.20. The molecular weight excluding hydrogens is 208 g/mol. The van der Waals surface area contributed by atoms with Gasteiger partial charge >= 0.3 is 11.9 Å². The number of unbranched alkanes of at least 4 members (excludes halogenated alkanes) is 1. The van der Waals surface area contributed by atoms with Crippen LogP contribution in [0.15, 0.2) is 24.3 Å². The van der Waals surface area contributed by atoms with E-state index in [2.05, 4.69) is 0 Å². The first-order valence-corrected chi connectivity index (χ1v) is 5.19.